The lowest BCUT2D eigenvalue weighted by Gasteiger charge is -2.06. The molecule has 2 aromatic heterocycles. The average molecular weight is 343 g/mol. The molecular weight excluding hydrogens is 326 g/mol. The number of nitrogens with zero attached hydrogens (tertiary/aromatic N) is 2. The van der Waals surface area contributed by atoms with E-state index in [0.717, 1.165) is 0 Å². The zero-order chi connectivity index (χ0) is 18.1. The molecule has 8 nitrogen and oxygen atoms in total. The minimum atomic E-state index is -0.584. The van der Waals surface area contributed by atoms with E-state index in [0.29, 0.717) is 22.3 Å². The summed E-state index contributed by atoms with van der Waals surface area (Å²) in [5, 5.41) is 0. The second kappa shape index (κ2) is 6.39. The molecule has 1 aromatic carbocycles. The van der Waals surface area contributed by atoms with Crippen LogP contribution >= 0.6 is 0 Å². The highest BCUT2D eigenvalue weighted by Crippen LogP contribution is 2.19. The summed E-state index contributed by atoms with van der Waals surface area (Å²) >= 11 is 0. The van der Waals surface area contributed by atoms with Crippen LogP contribution in [-0.4, -0.2) is 39.5 Å². The van der Waals surface area contributed by atoms with Crippen molar-refractivity contribution in [2.24, 2.45) is 0 Å². The molecule has 0 saturated carbocycles. The van der Waals surface area contributed by atoms with E-state index in [1.54, 1.807) is 37.3 Å². The van der Waals surface area contributed by atoms with Crippen LogP contribution in [0.1, 0.15) is 40.4 Å². The minimum Gasteiger partial charge on any atom is -0.462 e. The fraction of sp³-hybridized carbons (Fsp3) is 0.294. The number of nitrogens with one attached hydrogen (secondary N) is 1. The van der Waals surface area contributed by atoms with Gasteiger partial charge in [0.15, 0.2) is 5.69 Å². The lowest BCUT2D eigenvalue weighted by Crippen LogP contribution is -2.12. The standard InChI is InChI=1S/C17H17N3O5/c1-4-24-16(22)10-6-7-12-11(8-10)18-15(21)14-19-13(9(3)20(12)14)17(23)25-5-2/h6-8H,4-5H2,1-3H3,(H,18,21). The van der Waals surface area contributed by atoms with Gasteiger partial charge in [-0.05, 0) is 39.0 Å². The van der Waals surface area contributed by atoms with Crippen LogP contribution in [0.3, 0.4) is 0 Å². The maximum absolute atomic E-state index is 12.3. The third-order valence-corrected chi connectivity index (χ3v) is 3.78. The number of rotatable bonds is 4. The number of hydrogen-bond donors (Lipinski definition) is 1. The van der Waals surface area contributed by atoms with Crippen molar-refractivity contribution in [1.82, 2.24) is 14.4 Å². The Kier molecular flexibility index (Phi) is 4.26. The van der Waals surface area contributed by atoms with Crippen LogP contribution in [0, 0.1) is 6.92 Å². The van der Waals surface area contributed by atoms with Crippen LogP contribution in [0.15, 0.2) is 23.0 Å². The average Bonchev–Trinajstić information content (AvgIpc) is 2.93. The molecule has 25 heavy (non-hydrogen) atoms. The van der Waals surface area contributed by atoms with Gasteiger partial charge in [0.2, 0.25) is 5.65 Å². The monoisotopic (exact) mass is 343 g/mol. The van der Waals surface area contributed by atoms with Crippen molar-refractivity contribution in [2.75, 3.05) is 13.2 Å². The van der Waals surface area contributed by atoms with Gasteiger partial charge in [0.05, 0.1) is 35.5 Å². The molecule has 0 spiro atoms. The minimum absolute atomic E-state index is 0.0920. The molecule has 0 fully saturated rings. The van der Waals surface area contributed by atoms with Crippen molar-refractivity contribution < 1.29 is 19.1 Å². The number of ether oxygens (including phenoxy) is 2. The Morgan fingerprint density at radius 1 is 1.16 bits per heavy atom. The fourth-order valence-corrected chi connectivity index (χ4v) is 2.69. The van der Waals surface area contributed by atoms with Crippen molar-refractivity contribution >= 4 is 28.6 Å². The molecule has 130 valence electrons. The lowest BCUT2D eigenvalue weighted by atomic mass is 10.2. The SMILES string of the molecule is CCOC(=O)c1ccc2c(c1)[nH]c(=O)c1nc(C(=O)OCC)c(C)n12. The van der Waals surface area contributed by atoms with Crippen molar-refractivity contribution in [3.63, 3.8) is 0 Å². The Hall–Kier alpha value is -3.16. The first-order chi connectivity index (χ1) is 12.0. The van der Waals surface area contributed by atoms with Crippen LogP contribution < -0.4 is 5.56 Å². The van der Waals surface area contributed by atoms with Crippen LogP contribution in [-0.2, 0) is 9.47 Å². The second-order valence-corrected chi connectivity index (χ2v) is 5.33. The topological polar surface area (TPSA) is 103 Å². The molecule has 0 saturated heterocycles. The van der Waals surface area contributed by atoms with Gasteiger partial charge < -0.3 is 14.5 Å². The van der Waals surface area contributed by atoms with E-state index in [9.17, 15) is 14.4 Å². The molecule has 0 bridgehead atoms. The summed E-state index contributed by atoms with van der Waals surface area (Å²) < 4.78 is 11.5. The molecule has 2 heterocycles. The molecule has 0 atom stereocenters. The number of carbonyl (C=O) groups is 2. The van der Waals surface area contributed by atoms with Crippen LogP contribution in [0.4, 0.5) is 0 Å². The summed E-state index contributed by atoms with van der Waals surface area (Å²) in [6, 6.07) is 4.81. The van der Waals surface area contributed by atoms with Crippen LogP contribution in [0.25, 0.3) is 16.7 Å². The van der Waals surface area contributed by atoms with Gasteiger partial charge in [0.1, 0.15) is 0 Å². The van der Waals surface area contributed by atoms with Crippen molar-refractivity contribution in [2.45, 2.75) is 20.8 Å². The maximum atomic E-state index is 12.3. The summed E-state index contributed by atoms with van der Waals surface area (Å²) in [4.78, 5) is 43.0. The summed E-state index contributed by atoms with van der Waals surface area (Å²) in [5.74, 6) is -1.06. The van der Waals surface area contributed by atoms with E-state index in [2.05, 4.69) is 9.97 Å². The molecule has 0 unspecified atom stereocenters. The largest absolute Gasteiger partial charge is 0.462 e. The maximum Gasteiger partial charge on any atom is 0.358 e. The summed E-state index contributed by atoms with van der Waals surface area (Å²) in [7, 11) is 0. The van der Waals surface area contributed by atoms with Gasteiger partial charge in [-0.1, -0.05) is 0 Å². The second-order valence-electron chi connectivity index (χ2n) is 5.33. The molecular formula is C17H17N3O5. The molecule has 0 aliphatic rings. The predicted octanol–water partition coefficient (Wildman–Crippen LogP) is 1.84. The van der Waals surface area contributed by atoms with Gasteiger partial charge >= 0.3 is 11.9 Å². The van der Waals surface area contributed by atoms with Crippen molar-refractivity contribution in [1.29, 1.82) is 0 Å². The van der Waals surface area contributed by atoms with E-state index in [-0.39, 0.29) is 24.6 Å². The number of fused-ring (bicyclic) bond motifs is 3. The summed E-state index contributed by atoms with van der Waals surface area (Å²) in [6.45, 7) is 5.57. The molecule has 0 aliphatic heterocycles. The molecule has 0 aliphatic carbocycles. The van der Waals surface area contributed by atoms with E-state index < -0.39 is 17.5 Å². The van der Waals surface area contributed by atoms with E-state index in [1.165, 1.54) is 6.07 Å². The third-order valence-electron chi connectivity index (χ3n) is 3.78. The van der Waals surface area contributed by atoms with Gasteiger partial charge in [-0.25, -0.2) is 14.6 Å². The smallest absolute Gasteiger partial charge is 0.358 e. The normalized spacial score (nSPS) is 11.0. The number of aromatic nitrogens is 3. The van der Waals surface area contributed by atoms with E-state index in [4.69, 9.17) is 9.47 Å². The van der Waals surface area contributed by atoms with E-state index >= 15 is 0 Å². The fourth-order valence-electron chi connectivity index (χ4n) is 2.69. The highest BCUT2D eigenvalue weighted by atomic mass is 16.5. The first-order valence-electron chi connectivity index (χ1n) is 7.87. The number of esters is 2. The number of aryl methyl sites for hydroxylation is 1. The van der Waals surface area contributed by atoms with Crippen LogP contribution in [0.2, 0.25) is 0 Å². The van der Waals surface area contributed by atoms with E-state index in [1.807, 2.05) is 0 Å². The molecule has 1 N–H and O–H groups in total. The van der Waals surface area contributed by atoms with Gasteiger partial charge in [-0.3, -0.25) is 9.20 Å². The zero-order valence-corrected chi connectivity index (χ0v) is 14.1. The molecule has 3 rings (SSSR count). The number of benzene rings is 1. The number of aromatic amines is 1. The summed E-state index contributed by atoms with van der Waals surface area (Å²) in [5.41, 5.74) is 1.60. The van der Waals surface area contributed by atoms with Gasteiger partial charge in [0, 0.05) is 0 Å². The number of imidazole rings is 1. The summed E-state index contributed by atoms with van der Waals surface area (Å²) in [6.07, 6.45) is 0. The highest BCUT2D eigenvalue weighted by molar-refractivity contribution is 5.95. The lowest BCUT2D eigenvalue weighted by molar-refractivity contribution is 0.0513. The quantitative estimate of drug-likeness (QED) is 0.725. The predicted molar refractivity (Wildman–Crippen MR) is 90.0 cm³/mol. The van der Waals surface area contributed by atoms with Gasteiger partial charge in [-0.15, -0.1) is 0 Å². The highest BCUT2D eigenvalue weighted by Gasteiger charge is 2.20. The number of carbonyl (C=O) groups excluding carboxylic acids is 2. The third kappa shape index (κ3) is 2.75. The number of hydrogen-bond acceptors (Lipinski definition) is 6. The Morgan fingerprint density at radius 2 is 1.84 bits per heavy atom. The first kappa shape index (κ1) is 16.7. The van der Waals surface area contributed by atoms with Crippen LogP contribution in [0.5, 0.6) is 0 Å². The van der Waals surface area contributed by atoms with Crippen molar-refractivity contribution in [3.8, 4) is 0 Å². The van der Waals surface area contributed by atoms with Crippen molar-refractivity contribution in [3.05, 3.63) is 45.5 Å². The zero-order valence-electron chi connectivity index (χ0n) is 14.1. The Morgan fingerprint density at radius 3 is 2.52 bits per heavy atom. The molecule has 8 heteroatoms. The molecule has 0 radical (unpaired) electrons. The molecule has 0 amide bonds. The Bertz CT molecular complexity index is 1050. The first-order valence-corrected chi connectivity index (χ1v) is 7.87. The number of H-pyrrole nitrogens is 1. The Balaban J connectivity index is 2.26. The molecule has 3 aromatic rings. The van der Waals surface area contributed by atoms with Gasteiger partial charge in [-0.2, -0.15) is 0 Å². The van der Waals surface area contributed by atoms with Gasteiger partial charge in [0.25, 0.3) is 5.56 Å². The Labute approximate surface area is 142 Å².